The first-order valence-electron chi connectivity index (χ1n) is 6.25. The van der Waals surface area contributed by atoms with E-state index in [4.69, 9.17) is 5.11 Å². The van der Waals surface area contributed by atoms with Gasteiger partial charge in [0.15, 0.2) is 0 Å². The summed E-state index contributed by atoms with van der Waals surface area (Å²) in [7, 11) is 0. The van der Waals surface area contributed by atoms with E-state index < -0.39 is 12.0 Å². The maximum absolute atomic E-state index is 11.7. The number of carbonyl (C=O) groups is 2. The van der Waals surface area contributed by atoms with Gasteiger partial charge in [-0.1, -0.05) is 11.8 Å². The average Bonchev–Trinajstić information content (AvgIpc) is 2.72. The van der Waals surface area contributed by atoms with Crippen LogP contribution in [0.25, 0.3) is 10.2 Å². The monoisotopic (exact) mass is 325 g/mol. The van der Waals surface area contributed by atoms with Gasteiger partial charge in [-0.3, -0.25) is 9.59 Å². The molecular formula is C13H15N3O3S2. The van der Waals surface area contributed by atoms with E-state index in [9.17, 15) is 9.59 Å². The van der Waals surface area contributed by atoms with Crippen molar-refractivity contribution in [3.8, 4) is 0 Å². The number of thioether (sulfide) groups is 1. The number of fused-ring (bicyclic) bond motifs is 1. The Morgan fingerprint density at radius 1 is 1.43 bits per heavy atom. The van der Waals surface area contributed by atoms with Crippen molar-refractivity contribution in [1.29, 1.82) is 0 Å². The molecule has 2 aromatic rings. The normalized spacial score (nSPS) is 12.3. The molecule has 1 amide bonds. The molecule has 0 aliphatic heterocycles. The molecule has 2 N–H and O–H groups in total. The molecule has 0 unspecified atom stereocenters. The van der Waals surface area contributed by atoms with Gasteiger partial charge >= 0.3 is 5.97 Å². The molecule has 8 heteroatoms. The number of nitrogens with one attached hydrogen (secondary N) is 1. The van der Waals surface area contributed by atoms with Crippen molar-refractivity contribution in [3.05, 3.63) is 16.8 Å². The van der Waals surface area contributed by atoms with E-state index >= 15 is 0 Å². The van der Waals surface area contributed by atoms with E-state index in [-0.39, 0.29) is 11.7 Å². The first kappa shape index (κ1) is 15.7. The van der Waals surface area contributed by atoms with Gasteiger partial charge in [0, 0.05) is 10.3 Å². The van der Waals surface area contributed by atoms with Gasteiger partial charge in [-0.25, -0.2) is 9.97 Å². The first-order chi connectivity index (χ1) is 9.90. The zero-order valence-electron chi connectivity index (χ0n) is 11.8. The SMILES string of the molecule is Cc1sc2ncnc(SCC(=O)N[C@H](C)C(=O)O)c2c1C. The fraction of sp³-hybridized carbons (Fsp3) is 0.385. The van der Waals surface area contributed by atoms with Crippen molar-refractivity contribution in [3.63, 3.8) is 0 Å². The van der Waals surface area contributed by atoms with Crippen LogP contribution in [-0.4, -0.2) is 38.7 Å². The van der Waals surface area contributed by atoms with Gasteiger partial charge in [0.25, 0.3) is 0 Å². The molecule has 0 saturated carbocycles. The molecule has 0 saturated heterocycles. The number of amides is 1. The van der Waals surface area contributed by atoms with E-state index in [1.807, 2.05) is 13.8 Å². The van der Waals surface area contributed by atoms with E-state index in [0.717, 1.165) is 20.8 Å². The number of rotatable bonds is 5. The van der Waals surface area contributed by atoms with Gasteiger partial charge in [0.1, 0.15) is 22.2 Å². The van der Waals surface area contributed by atoms with Crippen LogP contribution in [0.5, 0.6) is 0 Å². The Bertz CT molecular complexity index is 699. The van der Waals surface area contributed by atoms with Gasteiger partial charge in [-0.15, -0.1) is 11.3 Å². The van der Waals surface area contributed by atoms with E-state index in [1.54, 1.807) is 11.3 Å². The number of carboxylic acid groups (broad SMARTS) is 1. The average molecular weight is 325 g/mol. The van der Waals surface area contributed by atoms with Gasteiger partial charge in [0.2, 0.25) is 5.91 Å². The highest BCUT2D eigenvalue weighted by Gasteiger charge is 2.16. The van der Waals surface area contributed by atoms with E-state index in [2.05, 4.69) is 15.3 Å². The second kappa shape index (κ2) is 6.40. The predicted molar refractivity (Wildman–Crippen MR) is 82.9 cm³/mol. The largest absolute Gasteiger partial charge is 0.480 e. The van der Waals surface area contributed by atoms with Crippen molar-refractivity contribution < 1.29 is 14.7 Å². The molecule has 0 spiro atoms. The minimum Gasteiger partial charge on any atom is -0.480 e. The third-order valence-electron chi connectivity index (χ3n) is 3.02. The molecule has 2 heterocycles. The van der Waals surface area contributed by atoms with Crippen molar-refractivity contribution in [2.24, 2.45) is 0 Å². The lowest BCUT2D eigenvalue weighted by atomic mass is 10.2. The smallest absolute Gasteiger partial charge is 0.325 e. The van der Waals surface area contributed by atoms with Crippen molar-refractivity contribution >= 4 is 45.2 Å². The summed E-state index contributed by atoms with van der Waals surface area (Å²) in [5.41, 5.74) is 1.12. The Hall–Kier alpha value is -1.67. The number of aliphatic carboxylic acids is 1. The topological polar surface area (TPSA) is 92.2 Å². The number of carbonyl (C=O) groups excluding carboxylic acids is 1. The summed E-state index contributed by atoms with van der Waals surface area (Å²) in [6.45, 7) is 5.46. The quantitative estimate of drug-likeness (QED) is 0.645. The summed E-state index contributed by atoms with van der Waals surface area (Å²) >= 11 is 2.89. The zero-order chi connectivity index (χ0) is 15.6. The van der Waals surface area contributed by atoms with Crippen LogP contribution >= 0.6 is 23.1 Å². The van der Waals surface area contributed by atoms with E-state index in [0.29, 0.717) is 0 Å². The highest BCUT2D eigenvalue weighted by atomic mass is 32.2. The van der Waals surface area contributed by atoms with Gasteiger partial charge in [-0.05, 0) is 26.3 Å². The number of aryl methyl sites for hydroxylation is 2. The summed E-state index contributed by atoms with van der Waals surface area (Å²) in [5.74, 6) is -1.26. The molecule has 21 heavy (non-hydrogen) atoms. The minimum atomic E-state index is -1.05. The fourth-order valence-electron chi connectivity index (χ4n) is 1.74. The fourth-order valence-corrected chi connectivity index (χ4v) is 3.67. The van der Waals surface area contributed by atoms with Crippen molar-refractivity contribution in [1.82, 2.24) is 15.3 Å². The third kappa shape index (κ3) is 3.51. The molecule has 0 aliphatic rings. The van der Waals surface area contributed by atoms with Gasteiger partial charge in [0.05, 0.1) is 5.75 Å². The summed E-state index contributed by atoms with van der Waals surface area (Å²) in [4.78, 5) is 33.0. The summed E-state index contributed by atoms with van der Waals surface area (Å²) in [5, 5.41) is 12.9. The molecule has 0 aliphatic carbocycles. The predicted octanol–water partition coefficient (Wildman–Crippen LogP) is 1.99. The van der Waals surface area contributed by atoms with Crippen molar-refractivity contribution in [2.75, 3.05) is 5.75 Å². The molecular weight excluding hydrogens is 310 g/mol. The number of aromatic nitrogens is 2. The van der Waals surface area contributed by atoms with E-state index in [1.165, 1.54) is 29.9 Å². The Labute approximate surface area is 130 Å². The second-order valence-corrected chi connectivity index (χ2v) is 6.73. The number of carboxylic acids is 1. The first-order valence-corrected chi connectivity index (χ1v) is 8.06. The number of hydrogen-bond donors (Lipinski definition) is 2. The molecule has 2 rings (SSSR count). The summed E-state index contributed by atoms with van der Waals surface area (Å²) in [6, 6.07) is -0.895. The molecule has 112 valence electrons. The number of thiophene rings is 1. The Morgan fingerprint density at radius 3 is 2.81 bits per heavy atom. The Morgan fingerprint density at radius 2 is 2.14 bits per heavy atom. The molecule has 0 bridgehead atoms. The van der Waals surface area contributed by atoms with Crippen LogP contribution in [0.1, 0.15) is 17.4 Å². The standard InChI is InChI=1S/C13H15N3O3S2/c1-6-8(3)21-12-10(6)11(14-5-15-12)20-4-9(17)16-7(2)13(18)19/h5,7H,4H2,1-3H3,(H,16,17)(H,18,19)/t7-/m1/s1. The molecule has 2 aromatic heterocycles. The number of nitrogens with zero attached hydrogens (tertiary/aromatic N) is 2. The maximum atomic E-state index is 11.7. The van der Waals surface area contributed by atoms with Crippen molar-refractivity contribution in [2.45, 2.75) is 31.8 Å². The molecule has 1 atom stereocenters. The Balaban J connectivity index is 2.10. The van der Waals surface area contributed by atoms with Gasteiger partial charge in [-0.2, -0.15) is 0 Å². The molecule has 0 radical (unpaired) electrons. The maximum Gasteiger partial charge on any atom is 0.325 e. The van der Waals surface area contributed by atoms with Crippen LogP contribution in [0.2, 0.25) is 0 Å². The Kier molecular flexibility index (Phi) is 4.79. The second-order valence-electron chi connectivity index (χ2n) is 4.56. The van der Waals surface area contributed by atoms with Crippen LogP contribution in [0, 0.1) is 13.8 Å². The van der Waals surface area contributed by atoms with Crippen LogP contribution < -0.4 is 5.32 Å². The van der Waals surface area contributed by atoms with Crippen LogP contribution in [0.4, 0.5) is 0 Å². The van der Waals surface area contributed by atoms with Crippen LogP contribution in [-0.2, 0) is 9.59 Å². The van der Waals surface area contributed by atoms with Gasteiger partial charge < -0.3 is 10.4 Å². The molecule has 0 fully saturated rings. The van der Waals surface area contributed by atoms with Crippen LogP contribution in [0.3, 0.4) is 0 Å². The minimum absolute atomic E-state index is 0.123. The van der Waals surface area contributed by atoms with Crippen LogP contribution in [0.15, 0.2) is 11.4 Å². The lowest BCUT2D eigenvalue weighted by Gasteiger charge is -2.09. The highest BCUT2D eigenvalue weighted by Crippen LogP contribution is 2.34. The lowest BCUT2D eigenvalue weighted by Crippen LogP contribution is -2.39. The highest BCUT2D eigenvalue weighted by molar-refractivity contribution is 8.00. The third-order valence-corrected chi connectivity index (χ3v) is 5.12. The number of hydrogen-bond acceptors (Lipinski definition) is 6. The lowest BCUT2D eigenvalue weighted by molar-refractivity contribution is -0.140. The summed E-state index contributed by atoms with van der Waals surface area (Å²) in [6.07, 6.45) is 1.48. The zero-order valence-corrected chi connectivity index (χ0v) is 13.5. The summed E-state index contributed by atoms with van der Waals surface area (Å²) < 4.78 is 0. The molecule has 0 aromatic carbocycles. The molecule has 6 nitrogen and oxygen atoms in total.